The average molecular weight is 282 g/mol. The SMILES string of the molecule is O=Cc1cccc(Oc2ccc(OC(F)(F)F)cc2)c1. The topological polar surface area (TPSA) is 35.5 Å². The Bertz CT molecular complexity index is 591. The highest BCUT2D eigenvalue weighted by atomic mass is 19.4. The van der Waals surface area contributed by atoms with Crippen LogP contribution in [-0.2, 0) is 0 Å². The Morgan fingerprint density at radius 1 is 0.900 bits per heavy atom. The summed E-state index contributed by atoms with van der Waals surface area (Å²) in [7, 11) is 0. The molecular formula is C14H9F3O3. The summed E-state index contributed by atoms with van der Waals surface area (Å²) in [6, 6.07) is 11.4. The Morgan fingerprint density at radius 3 is 2.15 bits per heavy atom. The third kappa shape index (κ3) is 4.01. The third-order valence-electron chi connectivity index (χ3n) is 2.29. The maximum Gasteiger partial charge on any atom is 0.573 e. The van der Waals surface area contributed by atoms with Crippen molar-refractivity contribution in [1.29, 1.82) is 0 Å². The van der Waals surface area contributed by atoms with E-state index in [4.69, 9.17) is 4.74 Å². The van der Waals surface area contributed by atoms with Crippen LogP contribution in [0.1, 0.15) is 10.4 Å². The summed E-state index contributed by atoms with van der Waals surface area (Å²) >= 11 is 0. The van der Waals surface area contributed by atoms with Crippen molar-refractivity contribution in [1.82, 2.24) is 0 Å². The highest BCUT2D eigenvalue weighted by molar-refractivity contribution is 5.75. The van der Waals surface area contributed by atoms with Gasteiger partial charge >= 0.3 is 6.36 Å². The number of aldehydes is 1. The van der Waals surface area contributed by atoms with Gasteiger partial charge < -0.3 is 9.47 Å². The fourth-order valence-corrected chi connectivity index (χ4v) is 1.50. The molecule has 2 aromatic rings. The van der Waals surface area contributed by atoms with Crippen molar-refractivity contribution < 1.29 is 27.4 Å². The normalized spacial score (nSPS) is 10.9. The van der Waals surface area contributed by atoms with Gasteiger partial charge in [-0.25, -0.2) is 0 Å². The molecule has 0 radical (unpaired) electrons. The molecule has 2 aromatic carbocycles. The second-order valence-corrected chi connectivity index (χ2v) is 3.81. The van der Waals surface area contributed by atoms with E-state index >= 15 is 0 Å². The number of carbonyl (C=O) groups is 1. The molecule has 0 aliphatic heterocycles. The summed E-state index contributed by atoms with van der Waals surface area (Å²) in [4.78, 5) is 10.6. The maximum absolute atomic E-state index is 12.0. The van der Waals surface area contributed by atoms with E-state index in [0.29, 0.717) is 23.3 Å². The van der Waals surface area contributed by atoms with Crippen molar-refractivity contribution in [3.05, 3.63) is 54.1 Å². The Hall–Kier alpha value is -2.50. The zero-order valence-corrected chi connectivity index (χ0v) is 10.1. The van der Waals surface area contributed by atoms with Gasteiger partial charge in [-0.1, -0.05) is 12.1 Å². The number of halogens is 3. The lowest BCUT2D eigenvalue weighted by molar-refractivity contribution is -0.274. The molecule has 0 amide bonds. The van der Waals surface area contributed by atoms with E-state index in [0.717, 1.165) is 12.1 Å². The van der Waals surface area contributed by atoms with Crippen molar-refractivity contribution in [2.24, 2.45) is 0 Å². The number of hydrogen-bond acceptors (Lipinski definition) is 3. The van der Waals surface area contributed by atoms with Crippen LogP contribution in [0.5, 0.6) is 17.2 Å². The third-order valence-corrected chi connectivity index (χ3v) is 2.29. The lowest BCUT2D eigenvalue weighted by Gasteiger charge is -2.10. The molecule has 3 nitrogen and oxygen atoms in total. The molecule has 0 N–H and O–H groups in total. The molecule has 0 saturated heterocycles. The van der Waals surface area contributed by atoms with Crippen LogP contribution < -0.4 is 9.47 Å². The standard InChI is InChI=1S/C14H9F3O3/c15-14(16,17)20-12-6-4-11(5-7-12)19-13-3-1-2-10(8-13)9-18/h1-9H. The van der Waals surface area contributed by atoms with Crippen LogP contribution in [0.4, 0.5) is 13.2 Å². The first kappa shape index (κ1) is 13.9. The number of rotatable bonds is 4. The Morgan fingerprint density at radius 2 is 1.55 bits per heavy atom. The predicted molar refractivity (Wildman–Crippen MR) is 65.0 cm³/mol. The predicted octanol–water partition coefficient (Wildman–Crippen LogP) is 4.19. The average Bonchev–Trinajstić information content (AvgIpc) is 2.40. The van der Waals surface area contributed by atoms with Gasteiger partial charge in [0.2, 0.25) is 0 Å². The molecule has 0 spiro atoms. The number of hydrogen-bond donors (Lipinski definition) is 0. The summed E-state index contributed by atoms with van der Waals surface area (Å²) in [5.41, 5.74) is 0.444. The second-order valence-electron chi connectivity index (χ2n) is 3.81. The molecule has 0 saturated carbocycles. The van der Waals surface area contributed by atoms with Gasteiger partial charge in [0, 0.05) is 5.56 Å². The highest BCUT2D eigenvalue weighted by Crippen LogP contribution is 2.27. The first-order valence-electron chi connectivity index (χ1n) is 5.55. The van der Waals surface area contributed by atoms with Crippen molar-refractivity contribution in [2.75, 3.05) is 0 Å². The van der Waals surface area contributed by atoms with Crippen LogP contribution in [0.15, 0.2) is 48.5 Å². The van der Waals surface area contributed by atoms with Gasteiger partial charge in [0.1, 0.15) is 23.5 Å². The monoisotopic (exact) mass is 282 g/mol. The number of benzene rings is 2. The van der Waals surface area contributed by atoms with E-state index < -0.39 is 6.36 Å². The molecule has 0 atom stereocenters. The Balaban J connectivity index is 2.08. The summed E-state index contributed by atoms with van der Waals surface area (Å²) in [5, 5.41) is 0. The zero-order valence-electron chi connectivity index (χ0n) is 10.1. The lowest BCUT2D eigenvalue weighted by Crippen LogP contribution is -2.16. The minimum Gasteiger partial charge on any atom is -0.457 e. The van der Waals surface area contributed by atoms with Crippen LogP contribution in [0.2, 0.25) is 0 Å². The zero-order chi connectivity index (χ0) is 14.6. The first-order valence-corrected chi connectivity index (χ1v) is 5.55. The molecule has 0 fully saturated rings. The van der Waals surface area contributed by atoms with E-state index in [1.165, 1.54) is 18.2 Å². The van der Waals surface area contributed by atoms with Gasteiger partial charge in [-0.15, -0.1) is 13.2 Å². The molecule has 0 aliphatic rings. The van der Waals surface area contributed by atoms with Crippen LogP contribution in [-0.4, -0.2) is 12.6 Å². The van der Waals surface area contributed by atoms with E-state index in [1.54, 1.807) is 18.2 Å². The molecule has 0 unspecified atom stereocenters. The summed E-state index contributed by atoms with van der Waals surface area (Å²) in [6.45, 7) is 0. The molecule has 0 heterocycles. The van der Waals surface area contributed by atoms with Crippen molar-refractivity contribution in [2.45, 2.75) is 6.36 Å². The molecule has 6 heteroatoms. The summed E-state index contributed by atoms with van der Waals surface area (Å²) < 4.78 is 45.1. The fraction of sp³-hybridized carbons (Fsp3) is 0.0714. The van der Waals surface area contributed by atoms with Gasteiger partial charge in [0.25, 0.3) is 0 Å². The van der Waals surface area contributed by atoms with Crippen molar-refractivity contribution >= 4 is 6.29 Å². The van der Waals surface area contributed by atoms with Gasteiger partial charge in [0.05, 0.1) is 0 Å². The largest absolute Gasteiger partial charge is 0.573 e. The van der Waals surface area contributed by atoms with Gasteiger partial charge in [-0.2, -0.15) is 0 Å². The quantitative estimate of drug-likeness (QED) is 0.789. The van der Waals surface area contributed by atoms with Crippen LogP contribution in [0.3, 0.4) is 0 Å². The maximum atomic E-state index is 12.0. The van der Waals surface area contributed by atoms with Crippen molar-refractivity contribution in [3.63, 3.8) is 0 Å². The molecule has 2 rings (SSSR count). The van der Waals surface area contributed by atoms with Crippen LogP contribution in [0.25, 0.3) is 0 Å². The number of carbonyl (C=O) groups excluding carboxylic acids is 1. The molecular weight excluding hydrogens is 273 g/mol. The number of ether oxygens (including phenoxy) is 2. The Labute approximate surface area is 112 Å². The molecule has 0 aliphatic carbocycles. The van der Waals surface area contributed by atoms with Crippen molar-refractivity contribution in [3.8, 4) is 17.2 Å². The van der Waals surface area contributed by atoms with Crippen LogP contribution >= 0.6 is 0 Å². The first-order chi connectivity index (χ1) is 9.46. The molecule has 0 bridgehead atoms. The van der Waals surface area contributed by atoms with Gasteiger partial charge in [-0.05, 0) is 36.4 Å². The molecule has 20 heavy (non-hydrogen) atoms. The van der Waals surface area contributed by atoms with E-state index in [2.05, 4.69) is 4.74 Å². The fourth-order valence-electron chi connectivity index (χ4n) is 1.50. The van der Waals surface area contributed by atoms with Gasteiger partial charge in [0.15, 0.2) is 0 Å². The number of alkyl halides is 3. The molecule has 0 aromatic heterocycles. The molecule has 104 valence electrons. The summed E-state index contributed by atoms with van der Waals surface area (Å²) in [6.07, 6.45) is -4.05. The Kier molecular flexibility index (Phi) is 3.93. The smallest absolute Gasteiger partial charge is 0.457 e. The second kappa shape index (κ2) is 5.64. The minimum atomic E-state index is -4.72. The lowest BCUT2D eigenvalue weighted by atomic mass is 10.2. The summed E-state index contributed by atoms with van der Waals surface area (Å²) in [5.74, 6) is 0.424. The van der Waals surface area contributed by atoms with E-state index in [1.807, 2.05) is 0 Å². The van der Waals surface area contributed by atoms with Gasteiger partial charge in [-0.3, -0.25) is 4.79 Å². The highest BCUT2D eigenvalue weighted by Gasteiger charge is 2.30. The minimum absolute atomic E-state index is 0.327. The van der Waals surface area contributed by atoms with E-state index in [-0.39, 0.29) is 5.75 Å². The van der Waals surface area contributed by atoms with E-state index in [9.17, 15) is 18.0 Å². The van der Waals surface area contributed by atoms with Crippen LogP contribution in [0, 0.1) is 0 Å².